The maximum Gasteiger partial charge on any atom is 0.409 e. The van der Waals surface area contributed by atoms with Crippen LogP contribution in [-0.2, 0) is 11.3 Å². The molecule has 1 aromatic heterocycles. The van der Waals surface area contributed by atoms with Crippen LogP contribution < -0.4 is 0 Å². The van der Waals surface area contributed by atoms with Crippen molar-refractivity contribution in [3.63, 3.8) is 0 Å². The van der Waals surface area contributed by atoms with E-state index in [1.807, 2.05) is 13.8 Å². The van der Waals surface area contributed by atoms with Gasteiger partial charge in [0.15, 0.2) is 0 Å². The van der Waals surface area contributed by atoms with Crippen LogP contribution in [-0.4, -0.2) is 30.3 Å². The lowest BCUT2D eigenvalue weighted by Crippen LogP contribution is -2.26. The van der Waals surface area contributed by atoms with E-state index < -0.39 is 0 Å². The molecule has 0 spiro atoms. The van der Waals surface area contributed by atoms with Crippen LogP contribution in [0.2, 0.25) is 0 Å². The highest BCUT2D eigenvalue weighted by atomic mass is 16.5. The fraction of sp³-hybridized carbons (Fsp3) is 0.556. The molecule has 14 heavy (non-hydrogen) atoms. The fourth-order valence-corrected chi connectivity index (χ4v) is 1.19. The van der Waals surface area contributed by atoms with Crippen molar-refractivity contribution in [1.82, 2.24) is 10.1 Å². The van der Waals surface area contributed by atoms with E-state index in [1.165, 1.54) is 12.0 Å². The lowest BCUT2D eigenvalue weighted by Gasteiger charge is -2.14. The highest BCUT2D eigenvalue weighted by Gasteiger charge is 2.14. The Morgan fingerprint density at radius 1 is 1.57 bits per heavy atom. The van der Waals surface area contributed by atoms with E-state index in [-0.39, 0.29) is 6.09 Å². The first-order valence-electron chi connectivity index (χ1n) is 4.27. The second-order valence-electron chi connectivity index (χ2n) is 3.13. The first-order chi connectivity index (χ1) is 6.56. The molecule has 1 amide bonds. The molecule has 5 heteroatoms. The third-order valence-electron chi connectivity index (χ3n) is 2.06. The lowest BCUT2D eigenvalue weighted by atomic mass is 10.2. The van der Waals surface area contributed by atoms with Crippen molar-refractivity contribution in [3.8, 4) is 0 Å². The molecular weight excluding hydrogens is 184 g/mol. The number of amides is 1. The van der Waals surface area contributed by atoms with Gasteiger partial charge in [-0.3, -0.25) is 0 Å². The molecule has 0 atom stereocenters. The number of ether oxygens (including phenoxy) is 1. The summed E-state index contributed by atoms with van der Waals surface area (Å²) in [6.45, 7) is 4.12. The Morgan fingerprint density at radius 3 is 2.64 bits per heavy atom. The van der Waals surface area contributed by atoms with Gasteiger partial charge < -0.3 is 14.2 Å². The summed E-state index contributed by atoms with van der Waals surface area (Å²) >= 11 is 0. The maximum atomic E-state index is 11.1. The average molecular weight is 198 g/mol. The van der Waals surface area contributed by atoms with Crippen molar-refractivity contribution in [2.45, 2.75) is 20.4 Å². The Morgan fingerprint density at radius 2 is 2.21 bits per heavy atom. The zero-order valence-electron chi connectivity index (χ0n) is 8.83. The van der Waals surface area contributed by atoms with Crippen molar-refractivity contribution in [1.29, 1.82) is 0 Å². The van der Waals surface area contributed by atoms with Gasteiger partial charge in [-0.15, -0.1) is 0 Å². The van der Waals surface area contributed by atoms with E-state index in [4.69, 9.17) is 4.52 Å². The highest BCUT2D eigenvalue weighted by Crippen LogP contribution is 2.14. The molecule has 0 N–H and O–H groups in total. The van der Waals surface area contributed by atoms with Gasteiger partial charge in [0.2, 0.25) is 0 Å². The molecule has 5 nitrogen and oxygen atoms in total. The van der Waals surface area contributed by atoms with Crippen LogP contribution in [0.25, 0.3) is 0 Å². The lowest BCUT2D eigenvalue weighted by molar-refractivity contribution is 0.131. The Hall–Kier alpha value is -1.52. The topological polar surface area (TPSA) is 55.6 Å². The predicted octanol–water partition coefficient (Wildman–Crippen LogP) is 1.49. The largest absolute Gasteiger partial charge is 0.453 e. The molecule has 0 aliphatic carbocycles. The molecule has 0 saturated heterocycles. The highest BCUT2D eigenvalue weighted by molar-refractivity contribution is 5.67. The van der Waals surface area contributed by atoms with Crippen LogP contribution in [0.15, 0.2) is 4.52 Å². The SMILES string of the molecule is COC(=O)N(C)Cc1c(C)noc1C. The third-order valence-corrected chi connectivity index (χ3v) is 2.06. The van der Waals surface area contributed by atoms with E-state index in [2.05, 4.69) is 9.89 Å². The minimum absolute atomic E-state index is 0.370. The van der Waals surface area contributed by atoms with E-state index in [1.54, 1.807) is 7.05 Å². The summed E-state index contributed by atoms with van der Waals surface area (Å²) in [4.78, 5) is 12.6. The quantitative estimate of drug-likeness (QED) is 0.722. The van der Waals surface area contributed by atoms with Gasteiger partial charge >= 0.3 is 6.09 Å². The van der Waals surface area contributed by atoms with Crippen molar-refractivity contribution < 1.29 is 14.1 Å². The number of hydrogen-bond acceptors (Lipinski definition) is 4. The van der Waals surface area contributed by atoms with Gasteiger partial charge in [0.05, 0.1) is 19.3 Å². The summed E-state index contributed by atoms with van der Waals surface area (Å²) in [6.07, 6.45) is -0.370. The van der Waals surface area contributed by atoms with Gasteiger partial charge in [0, 0.05) is 12.6 Å². The molecule has 0 fully saturated rings. The Bertz CT molecular complexity index is 313. The van der Waals surface area contributed by atoms with Crippen LogP contribution in [0.5, 0.6) is 0 Å². The van der Waals surface area contributed by atoms with Gasteiger partial charge in [-0.25, -0.2) is 4.79 Å². The smallest absolute Gasteiger partial charge is 0.409 e. The standard InChI is InChI=1S/C9H14N2O3/c1-6-8(7(2)14-10-6)5-11(3)9(12)13-4/h5H2,1-4H3. The van der Waals surface area contributed by atoms with Crippen molar-refractivity contribution in [3.05, 3.63) is 17.0 Å². The molecule has 0 saturated carbocycles. The molecule has 78 valence electrons. The Balaban J connectivity index is 2.73. The van der Waals surface area contributed by atoms with Crippen molar-refractivity contribution in [2.24, 2.45) is 0 Å². The van der Waals surface area contributed by atoms with Crippen molar-refractivity contribution >= 4 is 6.09 Å². The molecule has 0 aliphatic rings. The van der Waals surface area contributed by atoms with E-state index in [9.17, 15) is 4.79 Å². The normalized spacial score (nSPS) is 10.0. The Kier molecular flexibility index (Phi) is 3.11. The number of carbonyl (C=O) groups is 1. The summed E-state index contributed by atoms with van der Waals surface area (Å²) in [5.74, 6) is 0.734. The molecule has 1 aromatic rings. The van der Waals surface area contributed by atoms with Crippen LogP contribution >= 0.6 is 0 Å². The first-order valence-corrected chi connectivity index (χ1v) is 4.27. The van der Waals surface area contributed by atoms with Crippen LogP contribution in [0, 0.1) is 13.8 Å². The number of carbonyl (C=O) groups excluding carboxylic acids is 1. The molecule has 0 bridgehead atoms. The Labute approximate surface area is 82.6 Å². The first kappa shape index (κ1) is 10.6. The van der Waals surface area contributed by atoms with Gasteiger partial charge in [-0.05, 0) is 13.8 Å². The summed E-state index contributed by atoms with van der Waals surface area (Å²) < 4.78 is 9.56. The molecular formula is C9H14N2O3. The molecule has 0 radical (unpaired) electrons. The van der Waals surface area contributed by atoms with E-state index in [0.29, 0.717) is 6.54 Å². The number of methoxy groups -OCH3 is 1. The molecule has 0 aliphatic heterocycles. The summed E-state index contributed by atoms with van der Waals surface area (Å²) in [5.41, 5.74) is 1.73. The molecule has 0 unspecified atom stereocenters. The van der Waals surface area contributed by atoms with Gasteiger partial charge in [0.1, 0.15) is 5.76 Å². The fourth-order valence-electron chi connectivity index (χ4n) is 1.19. The van der Waals surface area contributed by atoms with Gasteiger partial charge in [-0.1, -0.05) is 5.16 Å². The van der Waals surface area contributed by atoms with E-state index in [0.717, 1.165) is 17.0 Å². The number of nitrogens with zero attached hydrogens (tertiary/aromatic N) is 2. The molecule has 0 aromatic carbocycles. The molecule has 1 heterocycles. The van der Waals surface area contributed by atoms with Gasteiger partial charge in [0.25, 0.3) is 0 Å². The third kappa shape index (κ3) is 2.04. The van der Waals surface area contributed by atoms with E-state index >= 15 is 0 Å². The predicted molar refractivity (Wildman–Crippen MR) is 49.8 cm³/mol. The minimum atomic E-state index is -0.370. The number of aromatic nitrogens is 1. The number of hydrogen-bond donors (Lipinski definition) is 0. The maximum absolute atomic E-state index is 11.1. The van der Waals surface area contributed by atoms with Crippen LogP contribution in [0.4, 0.5) is 4.79 Å². The van der Waals surface area contributed by atoms with Crippen LogP contribution in [0.1, 0.15) is 17.0 Å². The average Bonchev–Trinajstić information content (AvgIpc) is 2.48. The second kappa shape index (κ2) is 4.13. The number of aryl methyl sites for hydroxylation is 2. The van der Waals surface area contributed by atoms with Gasteiger partial charge in [-0.2, -0.15) is 0 Å². The summed E-state index contributed by atoms with van der Waals surface area (Å²) in [5, 5.41) is 3.80. The van der Waals surface area contributed by atoms with Crippen LogP contribution in [0.3, 0.4) is 0 Å². The monoisotopic (exact) mass is 198 g/mol. The number of rotatable bonds is 2. The molecule has 1 rings (SSSR count). The summed E-state index contributed by atoms with van der Waals surface area (Å²) in [7, 11) is 3.02. The zero-order valence-corrected chi connectivity index (χ0v) is 8.83. The summed E-state index contributed by atoms with van der Waals surface area (Å²) in [6, 6.07) is 0. The second-order valence-corrected chi connectivity index (χ2v) is 3.13. The van der Waals surface area contributed by atoms with Crippen molar-refractivity contribution in [2.75, 3.05) is 14.2 Å². The minimum Gasteiger partial charge on any atom is -0.453 e. The zero-order chi connectivity index (χ0) is 10.7.